The number of methoxy groups -OCH3 is 1. The topological polar surface area (TPSA) is 50.8 Å². The molecule has 0 aromatic heterocycles. The summed E-state index contributed by atoms with van der Waals surface area (Å²) in [6.07, 6.45) is 0. The maximum Gasteiger partial charge on any atom is 0.238 e. The van der Waals surface area contributed by atoms with Crippen LogP contribution in [-0.2, 0) is 4.79 Å². The molecule has 2 aromatic carbocycles. The van der Waals surface area contributed by atoms with E-state index in [1.165, 1.54) is 6.07 Å². The SMILES string of the molecule is CCN(CCOc1ccccc1F)CC(=O)Nc1ccccc1OC. The molecule has 1 N–H and O–H groups in total. The van der Waals surface area contributed by atoms with E-state index in [9.17, 15) is 9.18 Å². The molecule has 1 amide bonds. The number of hydrogen-bond donors (Lipinski definition) is 1. The van der Waals surface area contributed by atoms with Gasteiger partial charge in [0.15, 0.2) is 11.6 Å². The van der Waals surface area contributed by atoms with Gasteiger partial charge in [0.05, 0.1) is 19.3 Å². The van der Waals surface area contributed by atoms with Crippen molar-refractivity contribution in [3.05, 3.63) is 54.3 Å². The predicted molar refractivity (Wildman–Crippen MR) is 95.6 cm³/mol. The molecule has 0 unspecified atom stereocenters. The van der Waals surface area contributed by atoms with Crippen molar-refractivity contribution >= 4 is 11.6 Å². The molecule has 0 saturated heterocycles. The summed E-state index contributed by atoms with van der Waals surface area (Å²) in [4.78, 5) is 14.2. The summed E-state index contributed by atoms with van der Waals surface area (Å²) >= 11 is 0. The molecule has 0 aliphatic rings. The molecule has 0 fully saturated rings. The number of likely N-dealkylation sites (N-methyl/N-ethyl adjacent to an activating group) is 1. The monoisotopic (exact) mass is 346 g/mol. The normalized spacial score (nSPS) is 10.6. The van der Waals surface area contributed by atoms with Crippen LogP contribution in [0, 0.1) is 5.82 Å². The van der Waals surface area contributed by atoms with E-state index in [0.717, 1.165) is 0 Å². The van der Waals surface area contributed by atoms with Crippen LogP contribution in [-0.4, -0.2) is 44.2 Å². The Labute approximate surface area is 147 Å². The Morgan fingerprint density at radius 1 is 1.12 bits per heavy atom. The van der Waals surface area contributed by atoms with Crippen LogP contribution >= 0.6 is 0 Å². The van der Waals surface area contributed by atoms with Crippen molar-refractivity contribution in [1.82, 2.24) is 4.90 Å². The zero-order chi connectivity index (χ0) is 18.1. The van der Waals surface area contributed by atoms with Gasteiger partial charge in [0, 0.05) is 6.54 Å². The van der Waals surface area contributed by atoms with Crippen LogP contribution in [0.25, 0.3) is 0 Å². The lowest BCUT2D eigenvalue weighted by Crippen LogP contribution is -2.36. The summed E-state index contributed by atoms with van der Waals surface area (Å²) in [5.41, 5.74) is 0.633. The van der Waals surface area contributed by atoms with E-state index in [2.05, 4.69) is 5.32 Å². The molecule has 0 atom stereocenters. The lowest BCUT2D eigenvalue weighted by atomic mass is 10.3. The maximum absolute atomic E-state index is 13.5. The van der Waals surface area contributed by atoms with E-state index < -0.39 is 0 Å². The first-order chi connectivity index (χ1) is 12.1. The van der Waals surface area contributed by atoms with Gasteiger partial charge in [-0.25, -0.2) is 4.39 Å². The highest BCUT2D eigenvalue weighted by Gasteiger charge is 2.12. The summed E-state index contributed by atoms with van der Waals surface area (Å²) in [6, 6.07) is 13.5. The Morgan fingerprint density at radius 2 is 1.80 bits per heavy atom. The molecule has 25 heavy (non-hydrogen) atoms. The van der Waals surface area contributed by atoms with Gasteiger partial charge >= 0.3 is 0 Å². The molecule has 0 heterocycles. The molecule has 2 aromatic rings. The molecular weight excluding hydrogens is 323 g/mol. The van der Waals surface area contributed by atoms with Crippen molar-refractivity contribution in [3.8, 4) is 11.5 Å². The van der Waals surface area contributed by atoms with Gasteiger partial charge in [0.1, 0.15) is 12.4 Å². The summed E-state index contributed by atoms with van der Waals surface area (Å²) in [6.45, 7) is 3.68. The van der Waals surface area contributed by atoms with Crippen molar-refractivity contribution < 1.29 is 18.7 Å². The van der Waals surface area contributed by atoms with Gasteiger partial charge in [-0.2, -0.15) is 0 Å². The van der Waals surface area contributed by atoms with E-state index >= 15 is 0 Å². The van der Waals surface area contributed by atoms with Crippen LogP contribution in [0.15, 0.2) is 48.5 Å². The average Bonchev–Trinajstić information content (AvgIpc) is 2.62. The molecule has 0 spiro atoms. The highest BCUT2D eigenvalue weighted by Crippen LogP contribution is 2.22. The van der Waals surface area contributed by atoms with Crippen molar-refractivity contribution in [1.29, 1.82) is 0 Å². The molecule has 0 aliphatic heterocycles. The number of para-hydroxylation sites is 3. The molecule has 0 bridgehead atoms. The third-order valence-corrected chi connectivity index (χ3v) is 3.70. The van der Waals surface area contributed by atoms with Crippen molar-refractivity contribution in [2.24, 2.45) is 0 Å². The number of nitrogens with one attached hydrogen (secondary N) is 1. The number of rotatable bonds is 9. The van der Waals surface area contributed by atoms with Gasteiger partial charge < -0.3 is 14.8 Å². The fraction of sp³-hybridized carbons (Fsp3) is 0.316. The molecule has 0 aliphatic carbocycles. The van der Waals surface area contributed by atoms with Crippen LogP contribution in [0.3, 0.4) is 0 Å². The van der Waals surface area contributed by atoms with E-state index in [1.807, 2.05) is 24.0 Å². The minimum Gasteiger partial charge on any atom is -0.495 e. The standard InChI is InChI=1S/C19H23FN2O3/c1-3-22(12-13-25-17-10-6-4-8-15(17)20)14-19(23)21-16-9-5-7-11-18(16)24-2/h4-11H,3,12-14H2,1-2H3,(H,21,23). The van der Waals surface area contributed by atoms with E-state index in [0.29, 0.717) is 31.1 Å². The second kappa shape index (κ2) is 9.64. The zero-order valence-electron chi connectivity index (χ0n) is 14.5. The lowest BCUT2D eigenvalue weighted by Gasteiger charge is -2.20. The first kappa shape index (κ1) is 18.7. The average molecular weight is 346 g/mol. The van der Waals surface area contributed by atoms with Gasteiger partial charge in [0.25, 0.3) is 0 Å². The Bertz CT molecular complexity index is 694. The molecular formula is C19H23FN2O3. The molecule has 0 radical (unpaired) electrons. The largest absolute Gasteiger partial charge is 0.495 e. The number of halogens is 1. The van der Waals surface area contributed by atoms with Crippen molar-refractivity contribution in [2.75, 3.05) is 38.7 Å². The van der Waals surface area contributed by atoms with E-state index in [4.69, 9.17) is 9.47 Å². The number of hydrogen-bond acceptors (Lipinski definition) is 4. The number of benzene rings is 2. The number of ether oxygens (including phenoxy) is 2. The van der Waals surface area contributed by atoms with Crippen LogP contribution in [0.1, 0.15) is 6.92 Å². The van der Waals surface area contributed by atoms with E-state index in [-0.39, 0.29) is 24.0 Å². The van der Waals surface area contributed by atoms with Crippen LogP contribution in [0.4, 0.5) is 10.1 Å². The molecule has 6 heteroatoms. The van der Waals surface area contributed by atoms with Gasteiger partial charge in [-0.05, 0) is 30.8 Å². The summed E-state index contributed by atoms with van der Waals surface area (Å²) in [5.74, 6) is 0.301. The van der Waals surface area contributed by atoms with Crippen molar-refractivity contribution in [2.45, 2.75) is 6.92 Å². The number of carbonyl (C=O) groups is 1. The molecule has 134 valence electrons. The highest BCUT2D eigenvalue weighted by molar-refractivity contribution is 5.93. The zero-order valence-corrected chi connectivity index (χ0v) is 14.5. The summed E-state index contributed by atoms with van der Waals surface area (Å²) in [5, 5.41) is 2.84. The van der Waals surface area contributed by atoms with Gasteiger partial charge in [0.2, 0.25) is 5.91 Å². The van der Waals surface area contributed by atoms with Gasteiger partial charge in [-0.1, -0.05) is 31.2 Å². The lowest BCUT2D eigenvalue weighted by molar-refractivity contribution is -0.117. The number of amides is 1. The van der Waals surface area contributed by atoms with Gasteiger partial charge in [-0.3, -0.25) is 9.69 Å². The fourth-order valence-electron chi connectivity index (χ4n) is 2.34. The van der Waals surface area contributed by atoms with Crippen LogP contribution in [0.2, 0.25) is 0 Å². The molecule has 2 rings (SSSR count). The Balaban J connectivity index is 1.82. The fourth-order valence-corrected chi connectivity index (χ4v) is 2.34. The maximum atomic E-state index is 13.5. The predicted octanol–water partition coefficient (Wildman–Crippen LogP) is 3.17. The molecule has 5 nitrogen and oxygen atoms in total. The first-order valence-electron chi connectivity index (χ1n) is 8.16. The van der Waals surface area contributed by atoms with Crippen molar-refractivity contribution in [3.63, 3.8) is 0 Å². The van der Waals surface area contributed by atoms with Crippen LogP contribution < -0.4 is 14.8 Å². The van der Waals surface area contributed by atoms with Gasteiger partial charge in [-0.15, -0.1) is 0 Å². The highest BCUT2D eigenvalue weighted by atomic mass is 19.1. The second-order valence-corrected chi connectivity index (χ2v) is 5.40. The van der Waals surface area contributed by atoms with E-state index in [1.54, 1.807) is 37.4 Å². The Kier molecular flexibility index (Phi) is 7.22. The minimum atomic E-state index is -0.389. The third-order valence-electron chi connectivity index (χ3n) is 3.70. The summed E-state index contributed by atoms with van der Waals surface area (Å²) < 4.78 is 24.2. The quantitative estimate of drug-likeness (QED) is 0.758. The Hall–Kier alpha value is -2.60. The second-order valence-electron chi connectivity index (χ2n) is 5.40. The summed E-state index contributed by atoms with van der Waals surface area (Å²) in [7, 11) is 1.56. The first-order valence-corrected chi connectivity index (χ1v) is 8.16. The number of nitrogens with zero attached hydrogens (tertiary/aromatic N) is 1. The third kappa shape index (κ3) is 5.76. The smallest absolute Gasteiger partial charge is 0.238 e. The molecule has 0 saturated carbocycles. The Morgan fingerprint density at radius 3 is 2.48 bits per heavy atom. The number of anilines is 1. The number of carbonyl (C=O) groups excluding carboxylic acids is 1. The van der Waals surface area contributed by atoms with Crippen LogP contribution in [0.5, 0.6) is 11.5 Å². The minimum absolute atomic E-state index is 0.141.